The third-order valence-corrected chi connectivity index (χ3v) is 3.28. The summed E-state index contributed by atoms with van der Waals surface area (Å²) in [4.78, 5) is 4.15. The van der Waals surface area contributed by atoms with Crippen LogP contribution >= 0.6 is 34.8 Å². The van der Waals surface area contributed by atoms with E-state index in [1.807, 2.05) is 6.92 Å². The normalized spacial score (nSPS) is 10.7. The van der Waals surface area contributed by atoms with Gasteiger partial charge in [0.25, 0.3) is 0 Å². The molecule has 0 aliphatic carbocycles. The number of halogens is 3. The van der Waals surface area contributed by atoms with Crippen molar-refractivity contribution in [3.8, 4) is 11.8 Å². The summed E-state index contributed by atoms with van der Waals surface area (Å²) in [5, 5.41) is 4.17. The molecule has 0 aliphatic heterocycles. The van der Waals surface area contributed by atoms with Gasteiger partial charge in [-0.15, -0.1) is 0 Å². The van der Waals surface area contributed by atoms with Gasteiger partial charge in [0.2, 0.25) is 0 Å². The highest BCUT2D eigenvalue weighted by molar-refractivity contribution is 6.43. The van der Waals surface area contributed by atoms with Crippen LogP contribution in [-0.4, -0.2) is 11.5 Å². The largest absolute Gasteiger partial charge is 0.417 e. The molecule has 1 aromatic heterocycles. The Morgan fingerprint density at radius 3 is 2.68 bits per heavy atom. The molecular weight excluding hydrogens is 311 g/mol. The first-order chi connectivity index (χ1) is 9.10. The molecule has 2 rings (SSSR count). The van der Waals surface area contributed by atoms with Crippen molar-refractivity contribution in [3.05, 3.63) is 39.2 Å². The Morgan fingerprint density at radius 2 is 1.95 bits per heavy atom. The number of oxazole rings is 1. The van der Waals surface area contributed by atoms with E-state index in [1.54, 1.807) is 0 Å². The van der Waals surface area contributed by atoms with Crippen LogP contribution in [0.15, 0.2) is 22.8 Å². The Hall–Kier alpha value is -0.940. The van der Waals surface area contributed by atoms with Crippen LogP contribution in [0.1, 0.15) is 12.6 Å². The van der Waals surface area contributed by atoms with Crippen LogP contribution in [0.5, 0.6) is 11.8 Å². The summed E-state index contributed by atoms with van der Waals surface area (Å²) >= 11 is 17.7. The number of hydrogen-bond acceptors (Lipinski definition) is 4. The second kappa shape index (κ2) is 6.48. The highest BCUT2D eigenvalue weighted by Gasteiger charge is 2.11. The topological polar surface area (TPSA) is 47.3 Å². The van der Waals surface area contributed by atoms with Crippen LogP contribution in [0.3, 0.4) is 0 Å². The van der Waals surface area contributed by atoms with Gasteiger partial charge in [-0.2, -0.15) is 4.98 Å². The van der Waals surface area contributed by atoms with Gasteiger partial charge in [-0.3, -0.25) is 0 Å². The first kappa shape index (κ1) is 14.5. The predicted molar refractivity (Wildman–Crippen MR) is 75.4 cm³/mol. The van der Waals surface area contributed by atoms with E-state index in [9.17, 15) is 0 Å². The highest BCUT2D eigenvalue weighted by Crippen LogP contribution is 2.36. The number of rotatable bonds is 5. The molecule has 4 nitrogen and oxygen atoms in total. The zero-order chi connectivity index (χ0) is 13.8. The van der Waals surface area contributed by atoms with Gasteiger partial charge in [0.15, 0.2) is 5.75 Å². The molecule has 0 radical (unpaired) electrons. The van der Waals surface area contributed by atoms with E-state index in [0.717, 1.165) is 12.2 Å². The van der Waals surface area contributed by atoms with Crippen molar-refractivity contribution in [2.24, 2.45) is 0 Å². The third-order valence-electron chi connectivity index (χ3n) is 2.26. The van der Waals surface area contributed by atoms with Crippen molar-refractivity contribution in [2.75, 3.05) is 6.54 Å². The standard InChI is InChI=1S/C12H11Cl3N2O2/c1-2-16-5-7-6-18-12(17-7)19-11-4-9(14)8(13)3-10(11)15/h3-4,6,16H,2,5H2,1H3. The lowest BCUT2D eigenvalue weighted by atomic mass is 10.3. The number of benzene rings is 1. The van der Waals surface area contributed by atoms with Gasteiger partial charge in [0.05, 0.1) is 20.8 Å². The quantitative estimate of drug-likeness (QED) is 0.822. The summed E-state index contributed by atoms with van der Waals surface area (Å²) in [5.74, 6) is 0.341. The van der Waals surface area contributed by atoms with Crippen LogP contribution in [0, 0.1) is 0 Å². The van der Waals surface area contributed by atoms with Gasteiger partial charge in [-0.05, 0) is 12.6 Å². The van der Waals surface area contributed by atoms with E-state index in [-0.39, 0.29) is 6.08 Å². The highest BCUT2D eigenvalue weighted by atomic mass is 35.5. The number of nitrogens with one attached hydrogen (secondary N) is 1. The first-order valence-electron chi connectivity index (χ1n) is 5.57. The monoisotopic (exact) mass is 320 g/mol. The number of nitrogens with zero attached hydrogens (tertiary/aromatic N) is 1. The lowest BCUT2D eigenvalue weighted by Gasteiger charge is -2.05. The van der Waals surface area contributed by atoms with E-state index in [2.05, 4.69) is 10.3 Å². The SMILES string of the molecule is CCNCc1coc(Oc2cc(Cl)c(Cl)cc2Cl)n1. The van der Waals surface area contributed by atoms with Gasteiger partial charge in [0.1, 0.15) is 6.26 Å². The fourth-order valence-corrected chi connectivity index (χ4v) is 1.92. The van der Waals surface area contributed by atoms with Crippen molar-refractivity contribution in [1.29, 1.82) is 0 Å². The van der Waals surface area contributed by atoms with Crippen LogP contribution in [0.4, 0.5) is 0 Å². The molecular formula is C12H11Cl3N2O2. The minimum absolute atomic E-state index is 0.105. The van der Waals surface area contributed by atoms with E-state index in [1.165, 1.54) is 18.4 Å². The number of aromatic nitrogens is 1. The Bertz CT molecular complexity index is 572. The Kier molecular flexibility index (Phi) is 4.93. The zero-order valence-corrected chi connectivity index (χ0v) is 12.3. The van der Waals surface area contributed by atoms with Gasteiger partial charge in [0, 0.05) is 12.6 Å². The maximum Gasteiger partial charge on any atom is 0.399 e. The maximum absolute atomic E-state index is 5.99. The smallest absolute Gasteiger partial charge is 0.399 e. The van der Waals surface area contributed by atoms with Crippen LogP contribution in [-0.2, 0) is 6.54 Å². The number of ether oxygens (including phenoxy) is 1. The van der Waals surface area contributed by atoms with Gasteiger partial charge >= 0.3 is 6.08 Å². The second-order valence-corrected chi connectivity index (χ2v) is 4.91. The summed E-state index contributed by atoms with van der Waals surface area (Å²) in [6.45, 7) is 3.47. The molecule has 0 unspecified atom stereocenters. The fourth-order valence-electron chi connectivity index (χ4n) is 1.35. The van der Waals surface area contributed by atoms with Crippen molar-refractivity contribution >= 4 is 34.8 Å². The molecule has 0 amide bonds. The maximum atomic E-state index is 5.99. The molecule has 1 N–H and O–H groups in total. The molecule has 1 aromatic carbocycles. The average Bonchev–Trinajstić information content (AvgIpc) is 2.81. The minimum atomic E-state index is 0.105. The average molecular weight is 322 g/mol. The molecule has 19 heavy (non-hydrogen) atoms. The number of hydrogen-bond donors (Lipinski definition) is 1. The summed E-state index contributed by atoms with van der Waals surface area (Å²) in [6, 6.07) is 3.02. The lowest BCUT2D eigenvalue weighted by Crippen LogP contribution is -2.11. The van der Waals surface area contributed by atoms with Gasteiger partial charge in [-0.1, -0.05) is 41.7 Å². The molecule has 0 atom stereocenters. The Labute approximate surface area is 125 Å². The molecule has 7 heteroatoms. The third kappa shape index (κ3) is 3.76. The van der Waals surface area contributed by atoms with Crippen LogP contribution in [0.2, 0.25) is 15.1 Å². The Balaban J connectivity index is 2.12. The molecule has 2 aromatic rings. The van der Waals surface area contributed by atoms with E-state index in [0.29, 0.717) is 27.4 Å². The minimum Gasteiger partial charge on any atom is -0.417 e. The molecule has 0 aliphatic rings. The predicted octanol–water partition coefficient (Wildman–Crippen LogP) is 4.54. The summed E-state index contributed by atoms with van der Waals surface area (Å²) in [5.41, 5.74) is 0.744. The molecule has 0 bridgehead atoms. The first-order valence-corrected chi connectivity index (χ1v) is 6.71. The van der Waals surface area contributed by atoms with Crippen molar-refractivity contribution in [1.82, 2.24) is 10.3 Å². The molecule has 0 fully saturated rings. The fraction of sp³-hybridized carbons (Fsp3) is 0.250. The van der Waals surface area contributed by atoms with Crippen LogP contribution < -0.4 is 10.1 Å². The zero-order valence-electron chi connectivity index (χ0n) is 10.0. The Morgan fingerprint density at radius 1 is 1.21 bits per heavy atom. The van der Waals surface area contributed by atoms with Gasteiger partial charge in [-0.25, -0.2) is 0 Å². The lowest BCUT2D eigenvalue weighted by molar-refractivity contribution is 0.331. The van der Waals surface area contributed by atoms with Crippen molar-refractivity contribution in [2.45, 2.75) is 13.5 Å². The van der Waals surface area contributed by atoms with Crippen LogP contribution in [0.25, 0.3) is 0 Å². The van der Waals surface area contributed by atoms with E-state index in [4.69, 9.17) is 44.0 Å². The van der Waals surface area contributed by atoms with Crippen molar-refractivity contribution in [3.63, 3.8) is 0 Å². The van der Waals surface area contributed by atoms with Gasteiger partial charge < -0.3 is 14.5 Å². The molecule has 0 saturated carbocycles. The van der Waals surface area contributed by atoms with Crippen molar-refractivity contribution < 1.29 is 9.15 Å². The molecule has 0 spiro atoms. The summed E-state index contributed by atoms with van der Waals surface area (Å²) in [6.07, 6.45) is 1.62. The summed E-state index contributed by atoms with van der Waals surface area (Å²) in [7, 11) is 0. The molecule has 102 valence electrons. The van der Waals surface area contributed by atoms with E-state index >= 15 is 0 Å². The molecule has 1 heterocycles. The summed E-state index contributed by atoms with van der Waals surface area (Å²) < 4.78 is 10.6. The van der Waals surface area contributed by atoms with E-state index < -0.39 is 0 Å². The molecule has 0 saturated heterocycles. The second-order valence-electron chi connectivity index (χ2n) is 3.68.